The molecule has 78 valence electrons. The number of benzene rings is 1. The Labute approximate surface area is 92.9 Å². The van der Waals surface area contributed by atoms with Crippen LogP contribution >= 0.6 is 11.6 Å². The largest absolute Gasteiger partial charge is 0.389 e. The highest BCUT2D eigenvalue weighted by molar-refractivity contribution is 6.30. The SMILES string of the molecule is CC(O)c1ccccc1-n1cc(Cl)cn1. The number of aromatic nitrogens is 2. The molecule has 0 amide bonds. The Hall–Kier alpha value is -1.32. The van der Waals surface area contributed by atoms with Gasteiger partial charge in [-0.05, 0) is 13.0 Å². The number of nitrogens with zero attached hydrogens (tertiary/aromatic N) is 2. The fraction of sp³-hybridized carbons (Fsp3) is 0.182. The molecule has 2 rings (SSSR count). The van der Waals surface area contributed by atoms with E-state index in [0.29, 0.717) is 5.02 Å². The van der Waals surface area contributed by atoms with Crippen LogP contribution < -0.4 is 0 Å². The number of halogens is 1. The Bertz CT molecular complexity index is 465. The molecule has 1 aromatic carbocycles. The van der Waals surface area contributed by atoms with E-state index in [1.165, 1.54) is 0 Å². The van der Waals surface area contributed by atoms with Gasteiger partial charge in [-0.25, -0.2) is 4.68 Å². The third-order valence-corrected chi connectivity index (χ3v) is 2.38. The summed E-state index contributed by atoms with van der Waals surface area (Å²) in [6, 6.07) is 7.55. The van der Waals surface area contributed by atoms with Crippen LogP contribution in [0.5, 0.6) is 0 Å². The molecule has 0 saturated heterocycles. The first kappa shape index (κ1) is 10.2. The quantitative estimate of drug-likeness (QED) is 0.848. The van der Waals surface area contributed by atoms with Crippen molar-refractivity contribution >= 4 is 11.6 Å². The first-order chi connectivity index (χ1) is 7.18. The van der Waals surface area contributed by atoms with E-state index in [1.807, 2.05) is 24.3 Å². The Morgan fingerprint density at radius 2 is 2.13 bits per heavy atom. The van der Waals surface area contributed by atoms with Crippen molar-refractivity contribution < 1.29 is 5.11 Å². The van der Waals surface area contributed by atoms with Gasteiger partial charge in [0.05, 0.1) is 23.0 Å². The molecular weight excluding hydrogens is 212 g/mol. The highest BCUT2D eigenvalue weighted by atomic mass is 35.5. The Balaban J connectivity index is 2.52. The molecular formula is C11H11ClN2O. The van der Waals surface area contributed by atoms with Crippen LogP contribution in [0.4, 0.5) is 0 Å². The second-order valence-electron chi connectivity index (χ2n) is 3.34. The number of aliphatic hydroxyl groups is 1. The maximum Gasteiger partial charge on any atom is 0.0790 e. The van der Waals surface area contributed by atoms with E-state index < -0.39 is 6.10 Å². The third-order valence-electron chi connectivity index (χ3n) is 2.18. The lowest BCUT2D eigenvalue weighted by atomic mass is 10.1. The number of aliphatic hydroxyl groups excluding tert-OH is 1. The highest BCUT2D eigenvalue weighted by Crippen LogP contribution is 2.21. The van der Waals surface area contributed by atoms with Gasteiger partial charge in [0.2, 0.25) is 0 Å². The minimum Gasteiger partial charge on any atom is -0.389 e. The summed E-state index contributed by atoms with van der Waals surface area (Å²) in [7, 11) is 0. The molecule has 4 heteroatoms. The van der Waals surface area contributed by atoms with Gasteiger partial charge in [0, 0.05) is 11.8 Å². The Kier molecular flexibility index (Phi) is 2.75. The van der Waals surface area contributed by atoms with Crippen molar-refractivity contribution in [3.63, 3.8) is 0 Å². The van der Waals surface area contributed by atoms with Gasteiger partial charge in [-0.3, -0.25) is 0 Å². The molecule has 1 heterocycles. The van der Waals surface area contributed by atoms with Crippen LogP contribution in [-0.4, -0.2) is 14.9 Å². The molecule has 3 nitrogen and oxygen atoms in total. The average molecular weight is 223 g/mol. The van der Waals surface area contributed by atoms with Gasteiger partial charge in [0.1, 0.15) is 0 Å². The molecule has 0 radical (unpaired) electrons. The molecule has 1 atom stereocenters. The van der Waals surface area contributed by atoms with Crippen LogP contribution in [0.25, 0.3) is 5.69 Å². The normalized spacial score (nSPS) is 12.7. The molecule has 1 unspecified atom stereocenters. The lowest BCUT2D eigenvalue weighted by molar-refractivity contribution is 0.199. The third kappa shape index (κ3) is 2.03. The van der Waals surface area contributed by atoms with Gasteiger partial charge < -0.3 is 5.11 Å². The van der Waals surface area contributed by atoms with Crippen LogP contribution in [0.15, 0.2) is 36.7 Å². The second-order valence-corrected chi connectivity index (χ2v) is 3.77. The van der Waals surface area contributed by atoms with E-state index in [4.69, 9.17) is 11.6 Å². The molecule has 15 heavy (non-hydrogen) atoms. The maximum atomic E-state index is 9.60. The minimum atomic E-state index is -0.524. The molecule has 0 aliphatic carbocycles. The monoisotopic (exact) mass is 222 g/mol. The first-order valence-electron chi connectivity index (χ1n) is 4.66. The molecule has 0 aliphatic rings. The zero-order valence-electron chi connectivity index (χ0n) is 8.26. The smallest absolute Gasteiger partial charge is 0.0790 e. The predicted octanol–water partition coefficient (Wildman–Crippen LogP) is 2.58. The zero-order chi connectivity index (χ0) is 10.8. The van der Waals surface area contributed by atoms with Crippen molar-refractivity contribution in [2.24, 2.45) is 0 Å². The number of rotatable bonds is 2. The standard InChI is InChI=1S/C11H11ClN2O/c1-8(15)10-4-2-3-5-11(10)14-7-9(12)6-13-14/h2-8,15H,1H3. The van der Waals surface area contributed by atoms with Gasteiger partial charge >= 0.3 is 0 Å². The van der Waals surface area contributed by atoms with Gasteiger partial charge in [0.15, 0.2) is 0 Å². The highest BCUT2D eigenvalue weighted by Gasteiger charge is 2.09. The van der Waals surface area contributed by atoms with Crippen LogP contribution in [0.2, 0.25) is 5.02 Å². The molecule has 0 bridgehead atoms. The molecule has 1 aromatic heterocycles. The van der Waals surface area contributed by atoms with Crippen molar-refractivity contribution in [2.45, 2.75) is 13.0 Å². The summed E-state index contributed by atoms with van der Waals surface area (Å²) < 4.78 is 1.66. The molecule has 0 spiro atoms. The molecule has 0 fully saturated rings. The van der Waals surface area contributed by atoms with E-state index >= 15 is 0 Å². The summed E-state index contributed by atoms with van der Waals surface area (Å²) in [5.41, 5.74) is 1.68. The van der Waals surface area contributed by atoms with Crippen LogP contribution in [0.3, 0.4) is 0 Å². The summed E-state index contributed by atoms with van der Waals surface area (Å²) in [5, 5.41) is 14.3. The van der Waals surface area contributed by atoms with Gasteiger partial charge in [0.25, 0.3) is 0 Å². The van der Waals surface area contributed by atoms with Crippen LogP contribution in [0.1, 0.15) is 18.6 Å². The fourth-order valence-corrected chi connectivity index (χ4v) is 1.62. The van der Waals surface area contributed by atoms with Crippen molar-refractivity contribution in [1.29, 1.82) is 0 Å². The predicted molar refractivity (Wildman–Crippen MR) is 59.2 cm³/mol. The second kappa shape index (κ2) is 4.04. The van der Waals surface area contributed by atoms with E-state index in [1.54, 1.807) is 24.0 Å². The molecule has 2 aromatic rings. The van der Waals surface area contributed by atoms with E-state index in [2.05, 4.69) is 5.10 Å². The summed E-state index contributed by atoms with van der Waals surface area (Å²) in [6.45, 7) is 1.73. The van der Waals surface area contributed by atoms with E-state index in [0.717, 1.165) is 11.3 Å². The fourth-order valence-electron chi connectivity index (χ4n) is 1.48. The van der Waals surface area contributed by atoms with E-state index in [-0.39, 0.29) is 0 Å². The maximum absolute atomic E-state index is 9.60. The molecule has 0 saturated carbocycles. The van der Waals surface area contributed by atoms with Gasteiger partial charge in [-0.15, -0.1) is 0 Å². The Morgan fingerprint density at radius 1 is 1.40 bits per heavy atom. The average Bonchev–Trinajstić information content (AvgIpc) is 2.65. The van der Waals surface area contributed by atoms with E-state index in [9.17, 15) is 5.11 Å². The Morgan fingerprint density at radius 3 is 2.73 bits per heavy atom. The topological polar surface area (TPSA) is 38.0 Å². The summed E-state index contributed by atoms with van der Waals surface area (Å²) in [5.74, 6) is 0. The zero-order valence-corrected chi connectivity index (χ0v) is 9.02. The summed E-state index contributed by atoms with van der Waals surface area (Å²) in [6.07, 6.45) is 2.76. The van der Waals surface area contributed by atoms with Crippen molar-refractivity contribution in [1.82, 2.24) is 9.78 Å². The van der Waals surface area contributed by atoms with Crippen molar-refractivity contribution in [3.05, 3.63) is 47.2 Å². The van der Waals surface area contributed by atoms with Crippen molar-refractivity contribution in [2.75, 3.05) is 0 Å². The first-order valence-corrected chi connectivity index (χ1v) is 5.04. The lowest BCUT2D eigenvalue weighted by Crippen LogP contribution is -2.02. The summed E-state index contributed by atoms with van der Waals surface area (Å²) in [4.78, 5) is 0. The van der Waals surface area contributed by atoms with Crippen LogP contribution in [0, 0.1) is 0 Å². The molecule has 0 aliphatic heterocycles. The summed E-state index contributed by atoms with van der Waals surface area (Å²) >= 11 is 5.80. The van der Waals surface area contributed by atoms with Crippen LogP contribution in [-0.2, 0) is 0 Å². The molecule has 1 N–H and O–H groups in total. The number of para-hydroxylation sites is 1. The number of hydrogen-bond donors (Lipinski definition) is 1. The lowest BCUT2D eigenvalue weighted by Gasteiger charge is -2.11. The van der Waals surface area contributed by atoms with Gasteiger partial charge in [-0.1, -0.05) is 29.8 Å². The minimum absolute atomic E-state index is 0.524. The number of hydrogen-bond acceptors (Lipinski definition) is 2. The van der Waals surface area contributed by atoms with Gasteiger partial charge in [-0.2, -0.15) is 5.10 Å². The van der Waals surface area contributed by atoms with Crippen molar-refractivity contribution in [3.8, 4) is 5.69 Å².